The number of ether oxygens (including phenoxy) is 1. The van der Waals surface area contributed by atoms with Crippen LogP contribution in [0.25, 0.3) is 6.08 Å². The quantitative estimate of drug-likeness (QED) is 0.320. The molecule has 0 spiro atoms. The Hall–Kier alpha value is -4.01. The van der Waals surface area contributed by atoms with Crippen LogP contribution < -0.4 is 10.6 Å². The average Bonchev–Trinajstić information content (AvgIpc) is 2.68. The highest BCUT2D eigenvalue weighted by atomic mass is 16.6. The Morgan fingerprint density at radius 2 is 1.79 bits per heavy atom. The average molecular weight is 397 g/mol. The lowest BCUT2D eigenvalue weighted by Gasteiger charge is -2.15. The molecule has 0 heterocycles. The zero-order chi connectivity index (χ0) is 21.4. The predicted molar refractivity (Wildman–Crippen MR) is 106 cm³/mol. The van der Waals surface area contributed by atoms with E-state index in [0.717, 1.165) is 0 Å². The molecule has 2 aromatic carbocycles. The molecule has 0 aromatic heterocycles. The third-order valence-electron chi connectivity index (χ3n) is 3.62. The summed E-state index contributed by atoms with van der Waals surface area (Å²) in [7, 11) is 0. The lowest BCUT2D eigenvalue weighted by molar-refractivity contribution is -0.384. The predicted octanol–water partition coefficient (Wildman–Crippen LogP) is 2.64. The molecule has 0 saturated heterocycles. The molecule has 0 fully saturated rings. The molecule has 0 radical (unpaired) electrons. The summed E-state index contributed by atoms with van der Waals surface area (Å²) in [4.78, 5) is 46.3. The molecule has 9 nitrogen and oxygen atoms in total. The van der Waals surface area contributed by atoms with Crippen molar-refractivity contribution in [2.75, 3.05) is 5.32 Å². The van der Waals surface area contributed by atoms with Crippen molar-refractivity contribution in [1.29, 1.82) is 0 Å². The third kappa shape index (κ3) is 6.58. The van der Waals surface area contributed by atoms with Gasteiger partial charge >= 0.3 is 5.97 Å². The van der Waals surface area contributed by atoms with Crippen LogP contribution in [-0.2, 0) is 19.1 Å². The molecular weight excluding hydrogens is 378 g/mol. The molecule has 9 heteroatoms. The van der Waals surface area contributed by atoms with Crippen molar-refractivity contribution in [3.63, 3.8) is 0 Å². The molecule has 2 amide bonds. The standard InChI is InChI=1S/C20H19N3O6/c1-13(19(25)22-16-9-6-10-17(12-16)23(27)28)29-20(26)18(21-14(2)24)11-15-7-4-3-5-8-15/h3-13H,1-2H3,(H,21,24)(H,22,25)/b18-11+. The Morgan fingerprint density at radius 1 is 1.10 bits per heavy atom. The molecule has 29 heavy (non-hydrogen) atoms. The first-order valence-electron chi connectivity index (χ1n) is 8.57. The lowest BCUT2D eigenvalue weighted by Crippen LogP contribution is -2.33. The molecule has 1 atom stereocenters. The number of anilines is 1. The van der Waals surface area contributed by atoms with Gasteiger partial charge < -0.3 is 15.4 Å². The van der Waals surface area contributed by atoms with Crippen LogP contribution in [0, 0.1) is 10.1 Å². The number of nitro groups is 1. The zero-order valence-corrected chi connectivity index (χ0v) is 15.7. The minimum Gasteiger partial charge on any atom is -0.448 e. The summed E-state index contributed by atoms with van der Waals surface area (Å²) in [5.41, 5.74) is 0.529. The first kappa shape index (κ1) is 21.3. The minimum absolute atomic E-state index is 0.126. The topological polar surface area (TPSA) is 128 Å². The Bertz CT molecular complexity index is 956. The van der Waals surface area contributed by atoms with Gasteiger partial charge in [0.1, 0.15) is 5.70 Å². The summed E-state index contributed by atoms with van der Waals surface area (Å²) in [6.45, 7) is 2.59. The highest BCUT2D eigenvalue weighted by molar-refractivity contribution is 6.00. The van der Waals surface area contributed by atoms with Crippen molar-refractivity contribution in [1.82, 2.24) is 5.32 Å². The Morgan fingerprint density at radius 3 is 2.41 bits per heavy atom. The van der Waals surface area contributed by atoms with Crippen molar-refractivity contribution in [2.45, 2.75) is 20.0 Å². The van der Waals surface area contributed by atoms with Gasteiger partial charge in [0.2, 0.25) is 5.91 Å². The fourth-order valence-electron chi connectivity index (χ4n) is 2.27. The number of nitrogens with one attached hydrogen (secondary N) is 2. The van der Waals surface area contributed by atoms with Crippen LogP contribution in [-0.4, -0.2) is 28.8 Å². The maximum absolute atomic E-state index is 12.4. The number of non-ortho nitro benzene ring substituents is 1. The second-order valence-corrected chi connectivity index (χ2v) is 5.99. The van der Waals surface area contributed by atoms with Gasteiger partial charge in [-0.05, 0) is 24.6 Å². The molecule has 0 bridgehead atoms. The lowest BCUT2D eigenvalue weighted by atomic mass is 10.2. The summed E-state index contributed by atoms with van der Waals surface area (Å²) in [5, 5.41) is 15.6. The fraction of sp³-hybridized carbons (Fsp3) is 0.150. The van der Waals surface area contributed by atoms with Gasteiger partial charge in [-0.3, -0.25) is 19.7 Å². The number of esters is 1. The molecule has 0 aliphatic rings. The first-order valence-corrected chi connectivity index (χ1v) is 8.57. The van der Waals surface area contributed by atoms with Gasteiger partial charge in [0.05, 0.1) is 4.92 Å². The largest absolute Gasteiger partial charge is 0.448 e. The van der Waals surface area contributed by atoms with Gasteiger partial charge in [-0.25, -0.2) is 4.79 Å². The monoisotopic (exact) mass is 397 g/mol. The molecule has 2 N–H and O–H groups in total. The Balaban J connectivity index is 2.09. The van der Waals surface area contributed by atoms with Crippen molar-refractivity contribution < 1.29 is 24.0 Å². The normalized spacial score (nSPS) is 11.9. The van der Waals surface area contributed by atoms with Gasteiger partial charge in [0, 0.05) is 24.7 Å². The number of hydrogen-bond donors (Lipinski definition) is 2. The number of nitro benzene ring substituents is 1. The molecule has 150 valence electrons. The van der Waals surface area contributed by atoms with Crippen LogP contribution in [0.15, 0.2) is 60.3 Å². The number of hydrogen-bond acceptors (Lipinski definition) is 6. The van der Waals surface area contributed by atoms with E-state index in [1.54, 1.807) is 30.3 Å². The molecule has 0 saturated carbocycles. The maximum Gasteiger partial charge on any atom is 0.355 e. The summed E-state index contributed by atoms with van der Waals surface area (Å²) < 4.78 is 5.13. The third-order valence-corrected chi connectivity index (χ3v) is 3.62. The van der Waals surface area contributed by atoms with E-state index in [-0.39, 0.29) is 17.1 Å². The summed E-state index contributed by atoms with van der Waals surface area (Å²) in [6, 6.07) is 14.1. The van der Waals surface area contributed by atoms with Crippen molar-refractivity contribution in [3.8, 4) is 0 Å². The van der Waals surface area contributed by atoms with Crippen LogP contribution in [0.5, 0.6) is 0 Å². The number of amides is 2. The number of rotatable bonds is 7. The Labute approximate surface area is 166 Å². The maximum atomic E-state index is 12.4. The number of nitrogens with zero attached hydrogens (tertiary/aromatic N) is 1. The number of carbonyl (C=O) groups excluding carboxylic acids is 3. The van der Waals surface area contributed by atoms with Crippen molar-refractivity contribution in [3.05, 3.63) is 76.0 Å². The SMILES string of the molecule is CC(=O)N/C(=C/c1ccccc1)C(=O)OC(C)C(=O)Nc1cccc([N+](=O)[O-])c1. The highest BCUT2D eigenvalue weighted by Gasteiger charge is 2.22. The van der Waals surface area contributed by atoms with E-state index in [9.17, 15) is 24.5 Å². The van der Waals surface area contributed by atoms with E-state index in [1.807, 2.05) is 0 Å². The second-order valence-electron chi connectivity index (χ2n) is 5.99. The van der Waals surface area contributed by atoms with E-state index in [4.69, 9.17) is 4.74 Å². The second kappa shape index (κ2) is 9.79. The summed E-state index contributed by atoms with van der Waals surface area (Å²) in [6.07, 6.45) is 0.212. The smallest absolute Gasteiger partial charge is 0.355 e. The van der Waals surface area contributed by atoms with Crippen LogP contribution in [0.4, 0.5) is 11.4 Å². The van der Waals surface area contributed by atoms with Gasteiger partial charge in [-0.15, -0.1) is 0 Å². The fourth-order valence-corrected chi connectivity index (χ4v) is 2.27. The van der Waals surface area contributed by atoms with Gasteiger partial charge in [-0.2, -0.15) is 0 Å². The highest BCUT2D eigenvalue weighted by Crippen LogP contribution is 2.17. The molecule has 0 aliphatic heterocycles. The van der Waals surface area contributed by atoms with Crippen LogP contribution in [0.1, 0.15) is 19.4 Å². The summed E-state index contributed by atoms with van der Waals surface area (Å²) >= 11 is 0. The van der Waals surface area contributed by atoms with Gasteiger partial charge in [-0.1, -0.05) is 36.4 Å². The van der Waals surface area contributed by atoms with E-state index in [1.165, 1.54) is 44.2 Å². The number of carbonyl (C=O) groups is 3. The van der Waals surface area contributed by atoms with E-state index in [0.29, 0.717) is 5.56 Å². The van der Waals surface area contributed by atoms with E-state index < -0.39 is 28.8 Å². The van der Waals surface area contributed by atoms with E-state index in [2.05, 4.69) is 10.6 Å². The van der Waals surface area contributed by atoms with Gasteiger partial charge in [0.15, 0.2) is 6.10 Å². The Kier molecular flexibility index (Phi) is 7.19. The van der Waals surface area contributed by atoms with Crippen molar-refractivity contribution >= 4 is 35.2 Å². The van der Waals surface area contributed by atoms with Gasteiger partial charge in [0.25, 0.3) is 11.6 Å². The van der Waals surface area contributed by atoms with E-state index >= 15 is 0 Å². The molecule has 1 unspecified atom stereocenters. The van der Waals surface area contributed by atoms with Crippen LogP contribution in [0.2, 0.25) is 0 Å². The molecular formula is C20H19N3O6. The minimum atomic E-state index is -1.21. The molecule has 0 aliphatic carbocycles. The van der Waals surface area contributed by atoms with Crippen LogP contribution >= 0.6 is 0 Å². The van der Waals surface area contributed by atoms with Crippen LogP contribution in [0.3, 0.4) is 0 Å². The summed E-state index contributed by atoms with van der Waals surface area (Å²) in [5.74, 6) is -2.05. The first-order chi connectivity index (χ1) is 13.8. The zero-order valence-electron chi connectivity index (χ0n) is 15.7. The molecule has 2 rings (SSSR count). The van der Waals surface area contributed by atoms with Crippen molar-refractivity contribution in [2.24, 2.45) is 0 Å². The molecule has 2 aromatic rings. The number of benzene rings is 2.